The molecule has 0 atom stereocenters. The van der Waals surface area contributed by atoms with E-state index in [9.17, 15) is 33.7 Å². The molecule has 0 saturated carbocycles. The maximum absolute atomic E-state index is 12.1. The molecule has 12 nitrogen and oxygen atoms in total. The van der Waals surface area contributed by atoms with Crippen molar-refractivity contribution in [3.63, 3.8) is 0 Å². The summed E-state index contributed by atoms with van der Waals surface area (Å²) in [7, 11) is -10.6. The van der Waals surface area contributed by atoms with Crippen LogP contribution in [0.1, 0.15) is 22.3 Å². The predicted molar refractivity (Wildman–Crippen MR) is 173 cm³/mol. The van der Waals surface area contributed by atoms with E-state index in [1.807, 2.05) is 13.0 Å². The summed E-state index contributed by atoms with van der Waals surface area (Å²) < 4.78 is 111. The molecule has 0 fully saturated rings. The Morgan fingerprint density at radius 1 is 0.413 bits per heavy atom. The van der Waals surface area contributed by atoms with Crippen molar-refractivity contribution < 1.29 is 50.4 Å². The Balaban J connectivity index is 0.000000255. The average Bonchev–Trinajstić information content (AvgIpc) is 3.02. The van der Waals surface area contributed by atoms with E-state index in [2.05, 4.69) is 16.7 Å². The van der Waals surface area contributed by atoms with Gasteiger partial charge >= 0.3 is 0 Å². The Hall–Kier alpha value is -3.22. The van der Waals surface area contributed by atoms with E-state index in [-0.39, 0.29) is 30.4 Å². The summed E-state index contributed by atoms with van der Waals surface area (Å²) in [5, 5.41) is 0.538. The number of hydrogen-bond acceptors (Lipinski definition) is 12. The molecule has 0 unspecified atom stereocenters. The molecule has 0 saturated heterocycles. The fourth-order valence-electron chi connectivity index (χ4n) is 4.13. The second-order valence-corrected chi connectivity index (χ2v) is 16.3. The zero-order valence-corrected chi connectivity index (χ0v) is 29.7. The maximum atomic E-state index is 12.1. The summed E-state index contributed by atoms with van der Waals surface area (Å²) in [6, 6.07) is 19.4. The standard InChI is InChI=1S/C13H14O6S2.C9H12O3S.C8H10O3S/c1-9-7-8-10-11(13(9)21(16,17)19-3)5-4-6-12(10)20(14,15)18-2;1-7-4-5-8(2)9(6-7)13(10,11)12-3;1-7-5-3-4-6-8(7)12(9,10)11-2/h4-8H,1-3H3;4-6H,1-3H3;3-6H,1-2H3. The number of benzene rings is 4. The van der Waals surface area contributed by atoms with Gasteiger partial charge in [0.05, 0.1) is 38.2 Å². The Kier molecular flexibility index (Phi) is 13.2. The van der Waals surface area contributed by atoms with Crippen molar-refractivity contribution in [3.8, 4) is 0 Å². The molecule has 0 bridgehead atoms. The molecule has 0 N–H and O–H groups in total. The molecule has 4 aromatic rings. The molecule has 0 aromatic heterocycles. The molecule has 0 aliphatic rings. The Labute approximate surface area is 271 Å². The first-order valence-corrected chi connectivity index (χ1v) is 18.8. The third-order valence-electron chi connectivity index (χ3n) is 6.54. The lowest BCUT2D eigenvalue weighted by Crippen LogP contribution is -2.08. The molecule has 0 spiro atoms. The van der Waals surface area contributed by atoms with Crippen molar-refractivity contribution in [1.82, 2.24) is 0 Å². The minimum absolute atomic E-state index is 0.0457. The number of aryl methyl sites for hydroxylation is 4. The highest BCUT2D eigenvalue weighted by Crippen LogP contribution is 2.32. The average molecular weight is 717 g/mol. The maximum Gasteiger partial charge on any atom is 0.297 e. The lowest BCUT2D eigenvalue weighted by atomic mass is 10.1. The molecule has 252 valence electrons. The van der Waals surface area contributed by atoms with Crippen molar-refractivity contribution in [2.45, 2.75) is 47.3 Å². The molecule has 16 heteroatoms. The van der Waals surface area contributed by atoms with Gasteiger partial charge < -0.3 is 0 Å². The first-order chi connectivity index (χ1) is 21.3. The van der Waals surface area contributed by atoms with Crippen LogP contribution in [0.15, 0.2) is 92.4 Å². The molecule has 4 rings (SSSR count). The van der Waals surface area contributed by atoms with Crippen LogP contribution in [0.3, 0.4) is 0 Å². The van der Waals surface area contributed by atoms with E-state index in [0.717, 1.165) is 34.0 Å². The fraction of sp³-hybridized carbons (Fsp3) is 0.267. The predicted octanol–water partition coefficient (Wildman–Crippen LogP) is 4.79. The topological polar surface area (TPSA) is 173 Å². The van der Waals surface area contributed by atoms with Crippen molar-refractivity contribution in [2.75, 3.05) is 28.4 Å². The van der Waals surface area contributed by atoms with Gasteiger partial charge in [0.2, 0.25) is 0 Å². The monoisotopic (exact) mass is 716 g/mol. The van der Waals surface area contributed by atoms with E-state index in [1.165, 1.54) is 30.3 Å². The highest BCUT2D eigenvalue weighted by atomic mass is 32.2. The van der Waals surface area contributed by atoms with Crippen LogP contribution in [0.4, 0.5) is 0 Å². The van der Waals surface area contributed by atoms with Crippen LogP contribution in [0.25, 0.3) is 10.8 Å². The molecule has 0 aliphatic carbocycles. The van der Waals surface area contributed by atoms with Crippen LogP contribution in [0.2, 0.25) is 0 Å². The lowest BCUT2D eigenvalue weighted by molar-refractivity contribution is 0.396. The quantitative estimate of drug-likeness (QED) is 0.229. The zero-order valence-electron chi connectivity index (χ0n) is 26.5. The summed E-state index contributed by atoms with van der Waals surface area (Å²) in [5.41, 5.74) is 2.77. The van der Waals surface area contributed by atoms with Crippen LogP contribution in [-0.2, 0) is 57.2 Å². The largest absolute Gasteiger partial charge is 0.297 e. The summed E-state index contributed by atoms with van der Waals surface area (Å²) >= 11 is 0. The summed E-state index contributed by atoms with van der Waals surface area (Å²) in [4.78, 5) is 0.341. The molecule has 0 radical (unpaired) electrons. The van der Waals surface area contributed by atoms with Gasteiger partial charge in [-0.3, -0.25) is 16.7 Å². The van der Waals surface area contributed by atoms with Crippen LogP contribution in [0, 0.1) is 27.7 Å². The molecule has 0 heterocycles. The van der Waals surface area contributed by atoms with Crippen molar-refractivity contribution >= 4 is 51.2 Å². The van der Waals surface area contributed by atoms with Gasteiger partial charge in [0.25, 0.3) is 40.5 Å². The SMILES string of the molecule is COS(=O)(=O)c1cc(C)ccc1C.COS(=O)(=O)c1cccc2c(S(=O)(=O)OC)c(C)ccc12.COS(=O)(=O)c1ccccc1C. The fourth-order valence-corrected chi connectivity index (χ4v) is 7.93. The lowest BCUT2D eigenvalue weighted by Gasteiger charge is -2.12. The van der Waals surface area contributed by atoms with Gasteiger partial charge in [0.15, 0.2) is 0 Å². The Morgan fingerprint density at radius 2 is 0.870 bits per heavy atom. The third kappa shape index (κ3) is 9.19. The van der Waals surface area contributed by atoms with E-state index in [4.69, 9.17) is 0 Å². The van der Waals surface area contributed by atoms with E-state index < -0.39 is 40.5 Å². The van der Waals surface area contributed by atoms with Crippen LogP contribution in [-0.4, -0.2) is 62.1 Å². The van der Waals surface area contributed by atoms with Gasteiger partial charge in [-0.05, 0) is 68.1 Å². The zero-order chi connectivity index (χ0) is 35.1. The second-order valence-electron chi connectivity index (χ2n) is 9.58. The van der Waals surface area contributed by atoms with Crippen molar-refractivity contribution in [3.05, 3.63) is 95.1 Å². The van der Waals surface area contributed by atoms with E-state index >= 15 is 0 Å². The molecule has 46 heavy (non-hydrogen) atoms. The second kappa shape index (κ2) is 15.6. The smallest absolute Gasteiger partial charge is 0.270 e. The first kappa shape index (κ1) is 39.0. The highest BCUT2D eigenvalue weighted by Gasteiger charge is 2.24. The third-order valence-corrected chi connectivity index (χ3v) is 12.2. The van der Waals surface area contributed by atoms with Crippen molar-refractivity contribution in [2.24, 2.45) is 0 Å². The van der Waals surface area contributed by atoms with Gasteiger partial charge in [0, 0.05) is 10.8 Å². The number of fused-ring (bicyclic) bond motifs is 1. The Morgan fingerprint density at radius 3 is 1.41 bits per heavy atom. The minimum Gasteiger partial charge on any atom is -0.270 e. The van der Waals surface area contributed by atoms with E-state index in [1.54, 1.807) is 57.2 Å². The van der Waals surface area contributed by atoms with Gasteiger partial charge in [-0.1, -0.05) is 54.6 Å². The van der Waals surface area contributed by atoms with Gasteiger partial charge in [-0.2, -0.15) is 33.7 Å². The molecular weight excluding hydrogens is 681 g/mol. The summed E-state index contributed by atoms with van der Waals surface area (Å²) in [5.74, 6) is 0. The van der Waals surface area contributed by atoms with Crippen LogP contribution in [0.5, 0.6) is 0 Å². The summed E-state index contributed by atoms with van der Waals surface area (Å²) in [6.07, 6.45) is 0. The molecular formula is C30H36O12S4. The van der Waals surface area contributed by atoms with Gasteiger partial charge in [-0.25, -0.2) is 0 Å². The molecule has 0 aliphatic heterocycles. The Bertz CT molecular complexity index is 2140. The number of rotatable bonds is 8. The molecule has 0 amide bonds. The number of hydrogen-bond donors (Lipinski definition) is 0. The first-order valence-electron chi connectivity index (χ1n) is 13.2. The molecule has 4 aromatic carbocycles. The highest BCUT2D eigenvalue weighted by molar-refractivity contribution is 7.87. The normalized spacial score (nSPS) is 12.1. The van der Waals surface area contributed by atoms with Gasteiger partial charge in [0.1, 0.15) is 9.79 Å². The van der Waals surface area contributed by atoms with Crippen molar-refractivity contribution in [1.29, 1.82) is 0 Å². The summed E-state index contributed by atoms with van der Waals surface area (Å²) in [6.45, 7) is 6.92. The van der Waals surface area contributed by atoms with Crippen LogP contribution < -0.4 is 0 Å². The van der Waals surface area contributed by atoms with Crippen LogP contribution >= 0.6 is 0 Å². The minimum atomic E-state index is -3.96. The van der Waals surface area contributed by atoms with Gasteiger partial charge in [-0.15, -0.1) is 0 Å². The van der Waals surface area contributed by atoms with E-state index in [0.29, 0.717) is 16.7 Å².